The molecule has 2 aliphatic rings. The number of nitrogens with zero attached hydrogens (tertiary/aromatic N) is 1. The molecule has 0 unspecified atom stereocenters. The Hall–Kier alpha value is -3.20. The normalized spacial score (nSPS) is 15.8. The monoisotopic (exact) mass is 355 g/mol. The topological polar surface area (TPSA) is 25.6 Å². The van der Waals surface area contributed by atoms with Crippen LogP contribution in [0.2, 0.25) is 0 Å². The second-order valence-corrected chi connectivity index (χ2v) is 7.15. The number of hydrogen-bond acceptors (Lipinski definition) is 3. The Bertz CT molecular complexity index is 1070. The summed E-state index contributed by atoms with van der Waals surface area (Å²) in [5.41, 5.74) is 5.98. The summed E-state index contributed by atoms with van der Waals surface area (Å²) in [6.07, 6.45) is 4.11. The SMILES string of the molecule is CC1=CC2=C(CC1)N(c1ccccc1-c1ccccc1)c1oc(C)cc1O2. The minimum Gasteiger partial charge on any atom is -0.450 e. The summed E-state index contributed by atoms with van der Waals surface area (Å²) in [5, 5.41) is 0. The van der Waals surface area contributed by atoms with Gasteiger partial charge in [0.1, 0.15) is 11.5 Å². The lowest BCUT2D eigenvalue weighted by Gasteiger charge is -2.34. The van der Waals surface area contributed by atoms with E-state index in [0.717, 1.165) is 47.4 Å². The number of furan rings is 1. The fourth-order valence-corrected chi connectivity index (χ4v) is 3.86. The molecule has 2 heterocycles. The van der Waals surface area contributed by atoms with E-state index in [1.54, 1.807) is 0 Å². The number of benzene rings is 2. The van der Waals surface area contributed by atoms with Gasteiger partial charge in [-0.25, -0.2) is 0 Å². The van der Waals surface area contributed by atoms with Crippen molar-refractivity contribution in [2.75, 3.05) is 4.90 Å². The van der Waals surface area contributed by atoms with Crippen molar-refractivity contribution in [3.05, 3.63) is 89.5 Å². The van der Waals surface area contributed by atoms with Crippen LogP contribution in [0.15, 0.2) is 88.2 Å². The molecule has 0 radical (unpaired) electrons. The molecule has 0 saturated heterocycles. The maximum absolute atomic E-state index is 6.19. The zero-order valence-electron chi connectivity index (χ0n) is 15.5. The minimum atomic E-state index is 0.766. The summed E-state index contributed by atoms with van der Waals surface area (Å²) >= 11 is 0. The molecule has 3 aromatic rings. The Morgan fingerprint density at radius 3 is 2.52 bits per heavy atom. The molecule has 0 spiro atoms. The summed E-state index contributed by atoms with van der Waals surface area (Å²) in [4.78, 5) is 2.24. The highest BCUT2D eigenvalue weighted by Crippen LogP contribution is 2.49. The van der Waals surface area contributed by atoms with Crippen LogP contribution in [0.5, 0.6) is 5.75 Å². The van der Waals surface area contributed by atoms with Crippen LogP contribution in [0.4, 0.5) is 11.6 Å². The first-order valence-electron chi connectivity index (χ1n) is 9.34. The molecular formula is C24H21NO2. The molecule has 0 N–H and O–H groups in total. The van der Waals surface area contributed by atoms with Crippen molar-refractivity contribution in [1.82, 2.24) is 0 Å². The highest BCUT2D eigenvalue weighted by molar-refractivity contribution is 5.85. The lowest BCUT2D eigenvalue weighted by molar-refractivity contribution is 0.404. The predicted octanol–water partition coefficient (Wildman–Crippen LogP) is 6.74. The molecule has 1 aliphatic heterocycles. The smallest absolute Gasteiger partial charge is 0.248 e. The second-order valence-electron chi connectivity index (χ2n) is 7.15. The molecule has 0 bridgehead atoms. The van der Waals surface area contributed by atoms with Gasteiger partial charge in [0.05, 0.1) is 11.4 Å². The number of fused-ring (bicyclic) bond motifs is 1. The maximum atomic E-state index is 6.19. The molecule has 3 heteroatoms. The summed E-state index contributed by atoms with van der Waals surface area (Å²) < 4.78 is 12.3. The predicted molar refractivity (Wildman–Crippen MR) is 108 cm³/mol. The van der Waals surface area contributed by atoms with E-state index in [1.165, 1.54) is 16.7 Å². The second kappa shape index (κ2) is 6.20. The Labute approximate surface area is 159 Å². The zero-order chi connectivity index (χ0) is 18.4. The molecule has 2 aromatic carbocycles. The van der Waals surface area contributed by atoms with Crippen LogP contribution in [0.3, 0.4) is 0 Å². The number of hydrogen-bond donors (Lipinski definition) is 0. The number of para-hydroxylation sites is 1. The van der Waals surface area contributed by atoms with Gasteiger partial charge < -0.3 is 9.15 Å². The van der Waals surface area contributed by atoms with E-state index < -0.39 is 0 Å². The van der Waals surface area contributed by atoms with Crippen molar-refractivity contribution < 1.29 is 9.15 Å². The lowest BCUT2D eigenvalue weighted by atomic mass is 9.98. The van der Waals surface area contributed by atoms with E-state index in [1.807, 2.05) is 19.1 Å². The summed E-state index contributed by atoms with van der Waals surface area (Å²) in [6, 6.07) is 20.9. The first-order chi connectivity index (χ1) is 13.2. The third-order valence-corrected chi connectivity index (χ3v) is 5.14. The van der Waals surface area contributed by atoms with Gasteiger partial charge in [0.15, 0.2) is 5.75 Å². The van der Waals surface area contributed by atoms with Gasteiger partial charge in [-0.05, 0) is 44.4 Å². The molecule has 3 nitrogen and oxygen atoms in total. The third-order valence-electron chi connectivity index (χ3n) is 5.14. The van der Waals surface area contributed by atoms with Gasteiger partial charge in [0.25, 0.3) is 0 Å². The van der Waals surface area contributed by atoms with Crippen LogP contribution >= 0.6 is 0 Å². The fraction of sp³-hybridized carbons (Fsp3) is 0.167. The average molecular weight is 355 g/mol. The van der Waals surface area contributed by atoms with E-state index in [4.69, 9.17) is 9.15 Å². The fourth-order valence-electron chi connectivity index (χ4n) is 3.86. The third kappa shape index (κ3) is 2.67. The number of aryl methyl sites for hydroxylation is 1. The first-order valence-corrected chi connectivity index (χ1v) is 9.34. The molecule has 1 aromatic heterocycles. The van der Waals surface area contributed by atoms with E-state index in [-0.39, 0.29) is 0 Å². The van der Waals surface area contributed by atoms with Crippen molar-refractivity contribution in [1.29, 1.82) is 0 Å². The van der Waals surface area contributed by atoms with Crippen molar-refractivity contribution >= 4 is 11.6 Å². The number of ether oxygens (including phenoxy) is 1. The van der Waals surface area contributed by atoms with E-state index in [9.17, 15) is 0 Å². The summed E-state index contributed by atoms with van der Waals surface area (Å²) in [7, 11) is 0. The van der Waals surface area contributed by atoms with Crippen molar-refractivity contribution in [3.63, 3.8) is 0 Å². The maximum Gasteiger partial charge on any atom is 0.248 e. The van der Waals surface area contributed by atoms with Crippen molar-refractivity contribution in [2.24, 2.45) is 0 Å². The number of allylic oxidation sites excluding steroid dienone is 3. The standard InChI is InChI=1S/C24H21NO2/c1-16-12-13-21-22(14-16)27-23-15-17(2)26-24(23)25(21)20-11-7-6-10-19(20)18-8-4-3-5-9-18/h3-11,14-15H,12-13H2,1-2H3. The highest BCUT2D eigenvalue weighted by Gasteiger charge is 2.33. The first kappa shape index (κ1) is 16.0. The van der Waals surface area contributed by atoms with Gasteiger partial charge in [-0.3, -0.25) is 4.90 Å². The van der Waals surface area contributed by atoms with Crippen LogP contribution in [0, 0.1) is 6.92 Å². The van der Waals surface area contributed by atoms with Gasteiger partial charge in [0.2, 0.25) is 5.88 Å². The molecule has 0 amide bonds. The largest absolute Gasteiger partial charge is 0.450 e. The van der Waals surface area contributed by atoms with Gasteiger partial charge in [-0.1, -0.05) is 54.1 Å². The van der Waals surface area contributed by atoms with Crippen molar-refractivity contribution in [2.45, 2.75) is 26.7 Å². The number of anilines is 2. The van der Waals surface area contributed by atoms with Gasteiger partial charge in [-0.2, -0.15) is 0 Å². The van der Waals surface area contributed by atoms with E-state index in [2.05, 4.69) is 66.4 Å². The van der Waals surface area contributed by atoms with Crippen LogP contribution in [-0.2, 0) is 0 Å². The summed E-state index contributed by atoms with van der Waals surface area (Å²) in [5.74, 6) is 3.32. The quantitative estimate of drug-likeness (QED) is 0.509. The van der Waals surface area contributed by atoms with Crippen LogP contribution in [-0.4, -0.2) is 0 Å². The Morgan fingerprint density at radius 1 is 0.889 bits per heavy atom. The molecule has 0 fully saturated rings. The Morgan fingerprint density at radius 2 is 1.67 bits per heavy atom. The van der Waals surface area contributed by atoms with Gasteiger partial charge >= 0.3 is 0 Å². The van der Waals surface area contributed by atoms with Crippen molar-refractivity contribution in [3.8, 4) is 16.9 Å². The molecular weight excluding hydrogens is 334 g/mol. The zero-order valence-corrected chi connectivity index (χ0v) is 15.5. The molecule has 0 atom stereocenters. The minimum absolute atomic E-state index is 0.766. The Kier molecular flexibility index (Phi) is 3.68. The van der Waals surface area contributed by atoms with Crippen LogP contribution < -0.4 is 9.64 Å². The average Bonchev–Trinajstić information content (AvgIpc) is 3.06. The lowest BCUT2D eigenvalue weighted by Crippen LogP contribution is -2.25. The Balaban J connectivity index is 1.74. The molecule has 5 rings (SSSR count). The van der Waals surface area contributed by atoms with E-state index >= 15 is 0 Å². The van der Waals surface area contributed by atoms with Gasteiger partial charge in [-0.15, -0.1) is 0 Å². The van der Waals surface area contributed by atoms with Crippen LogP contribution in [0.1, 0.15) is 25.5 Å². The van der Waals surface area contributed by atoms with E-state index in [0.29, 0.717) is 0 Å². The number of rotatable bonds is 2. The molecule has 134 valence electrons. The molecule has 27 heavy (non-hydrogen) atoms. The summed E-state index contributed by atoms with van der Waals surface area (Å²) in [6.45, 7) is 4.12. The van der Waals surface area contributed by atoms with Crippen LogP contribution in [0.25, 0.3) is 11.1 Å². The molecule has 1 aliphatic carbocycles. The highest BCUT2D eigenvalue weighted by atomic mass is 16.5. The molecule has 0 saturated carbocycles. The van der Waals surface area contributed by atoms with Gasteiger partial charge in [0, 0.05) is 11.6 Å².